The lowest BCUT2D eigenvalue weighted by molar-refractivity contribution is -0.384. The summed E-state index contributed by atoms with van der Waals surface area (Å²) >= 11 is 0. The van der Waals surface area contributed by atoms with Gasteiger partial charge >= 0.3 is 12.1 Å². The third-order valence-electron chi connectivity index (χ3n) is 6.76. The van der Waals surface area contributed by atoms with Crippen molar-refractivity contribution in [2.24, 2.45) is 5.73 Å². The van der Waals surface area contributed by atoms with E-state index in [0.29, 0.717) is 16.0 Å². The van der Waals surface area contributed by atoms with E-state index in [1.54, 1.807) is 66.7 Å². The Balaban J connectivity index is 1.69. The monoisotopic (exact) mass is 584 g/mol. The predicted octanol–water partition coefficient (Wildman–Crippen LogP) is 3.74. The summed E-state index contributed by atoms with van der Waals surface area (Å²) in [6, 6.07) is 18.8. The fourth-order valence-electron chi connectivity index (χ4n) is 4.47. The van der Waals surface area contributed by atoms with E-state index in [1.807, 2.05) is 6.07 Å². The van der Waals surface area contributed by atoms with Crippen LogP contribution in [0.1, 0.15) is 22.7 Å². The van der Waals surface area contributed by atoms with Crippen LogP contribution in [-0.2, 0) is 30.5 Å². The van der Waals surface area contributed by atoms with Crippen molar-refractivity contribution >= 4 is 35.6 Å². The summed E-state index contributed by atoms with van der Waals surface area (Å²) in [5, 5.41) is 11.0. The maximum absolute atomic E-state index is 13.8. The van der Waals surface area contributed by atoms with Gasteiger partial charge in [-0.25, -0.2) is 14.5 Å². The lowest BCUT2D eigenvalue weighted by Gasteiger charge is -2.49. The minimum Gasteiger partial charge on any atom is -0.464 e. The molecule has 220 valence electrons. The summed E-state index contributed by atoms with van der Waals surface area (Å²) in [5.74, 6) is -2.57. The van der Waals surface area contributed by atoms with Gasteiger partial charge in [0, 0.05) is 12.1 Å². The van der Waals surface area contributed by atoms with Gasteiger partial charge in [0.2, 0.25) is 0 Å². The molecule has 0 bridgehead atoms. The highest BCUT2D eigenvalue weighted by Crippen LogP contribution is 2.33. The number of hydrogen-bond acceptors (Lipinski definition) is 9. The molecule has 3 amide bonds. The Bertz CT molecular complexity index is 1560. The number of amides is 3. The molecule has 3 aromatic rings. The number of benzene rings is 3. The SMILES string of the molecule is C=C(C(=O)OC)N1C(=O)C(N(C(=O)OCc2ccc([N+](=O)[O-])cc2)C(=O)[C@@H](N)c2ccccc2)C1C=Cc1ccccc1. The number of methoxy groups -OCH3 is 1. The molecule has 12 nitrogen and oxygen atoms in total. The number of non-ortho nitro benzene ring substituents is 1. The molecule has 3 atom stereocenters. The van der Waals surface area contributed by atoms with Crippen LogP contribution in [0.5, 0.6) is 0 Å². The van der Waals surface area contributed by atoms with Crippen molar-refractivity contribution in [1.29, 1.82) is 0 Å². The highest BCUT2D eigenvalue weighted by Gasteiger charge is 2.56. The lowest BCUT2D eigenvalue weighted by atomic mass is 9.90. The normalized spacial score (nSPS) is 16.6. The summed E-state index contributed by atoms with van der Waals surface area (Å²) in [6.07, 6.45) is 2.06. The maximum Gasteiger partial charge on any atom is 0.417 e. The Labute approximate surface area is 246 Å². The number of carbonyl (C=O) groups excluding carboxylic acids is 4. The van der Waals surface area contributed by atoms with Crippen LogP contribution in [0, 0.1) is 10.1 Å². The van der Waals surface area contributed by atoms with Gasteiger partial charge in [-0.1, -0.05) is 79.4 Å². The summed E-state index contributed by atoms with van der Waals surface area (Å²) in [5.41, 5.74) is 7.37. The molecular formula is C31H28N4O8. The average Bonchev–Trinajstić information content (AvgIpc) is 3.03. The summed E-state index contributed by atoms with van der Waals surface area (Å²) in [7, 11) is 1.13. The van der Waals surface area contributed by atoms with E-state index >= 15 is 0 Å². The van der Waals surface area contributed by atoms with Crippen LogP contribution in [0.3, 0.4) is 0 Å². The minimum absolute atomic E-state index is 0.153. The molecule has 1 saturated heterocycles. The number of nitro groups is 1. The van der Waals surface area contributed by atoms with Crippen LogP contribution in [0.15, 0.2) is 103 Å². The fraction of sp³-hybridized carbons (Fsp3) is 0.161. The van der Waals surface area contributed by atoms with Gasteiger partial charge < -0.3 is 15.2 Å². The number of β-lactam (4-membered cyclic amide) rings is 1. The average molecular weight is 585 g/mol. The van der Waals surface area contributed by atoms with Crippen molar-refractivity contribution in [2.45, 2.75) is 24.7 Å². The van der Waals surface area contributed by atoms with Crippen LogP contribution in [0.25, 0.3) is 6.08 Å². The van der Waals surface area contributed by atoms with Crippen molar-refractivity contribution in [2.75, 3.05) is 7.11 Å². The Morgan fingerprint density at radius 1 is 1.05 bits per heavy atom. The van der Waals surface area contributed by atoms with E-state index in [-0.39, 0.29) is 18.0 Å². The molecule has 0 aliphatic carbocycles. The Morgan fingerprint density at radius 2 is 1.65 bits per heavy atom. The number of rotatable bonds is 10. The van der Waals surface area contributed by atoms with E-state index in [2.05, 4.69) is 6.58 Å². The van der Waals surface area contributed by atoms with E-state index < -0.39 is 46.9 Å². The first-order valence-corrected chi connectivity index (χ1v) is 13.0. The quantitative estimate of drug-likeness (QED) is 0.123. The molecule has 0 radical (unpaired) electrons. The molecule has 2 unspecified atom stereocenters. The molecule has 0 aromatic heterocycles. The molecule has 1 heterocycles. The third kappa shape index (κ3) is 6.66. The smallest absolute Gasteiger partial charge is 0.417 e. The van der Waals surface area contributed by atoms with Gasteiger partial charge in [0.15, 0.2) is 0 Å². The van der Waals surface area contributed by atoms with E-state index in [1.165, 1.54) is 24.3 Å². The Hall–Kier alpha value is -5.62. The first-order chi connectivity index (χ1) is 20.6. The van der Waals surface area contributed by atoms with Gasteiger partial charge in [0.05, 0.1) is 18.1 Å². The highest BCUT2D eigenvalue weighted by atomic mass is 16.6. The second-order valence-corrected chi connectivity index (χ2v) is 9.43. The molecule has 0 saturated carbocycles. The molecule has 3 aromatic carbocycles. The molecule has 4 rings (SSSR count). The molecule has 1 aliphatic heterocycles. The van der Waals surface area contributed by atoms with Crippen LogP contribution >= 0.6 is 0 Å². The van der Waals surface area contributed by atoms with Crippen LogP contribution in [0.4, 0.5) is 10.5 Å². The van der Waals surface area contributed by atoms with Crippen LogP contribution < -0.4 is 5.73 Å². The number of likely N-dealkylation sites (tertiary alicyclic amines) is 1. The van der Waals surface area contributed by atoms with Crippen molar-refractivity contribution in [1.82, 2.24) is 9.80 Å². The molecule has 1 fully saturated rings. The number of hydrogen-bond donors (Lipinski definition) is 1. The van der Waals surface area contributed by atoms with Crippen molar-refractivity contribution in [3.8, 4) is 0 Å². The van der Waals surface area contributed by atoms with Gasteiger partial charge in [0.25, 0.3) is 17.5 Å². The maximum atomic E-state index is 13.8. The van der Waals surface area contributed by atoms with Crippen molar-refractivity contribution in [3.63, 3.8) is 0 Å². The Kier molecular flexibility index (Phi) is 9.43. The number of nitrogens with zero attached hydrogens (tertiary/aromatic N) is 3. The zero-order valence-electron chi connectivity index (χ0n) is 23.1. The number of carbonyl (C=O) groups is 4. The second kappa shape index (κ2) is 13.4. The van der Waals surface area contributed by atoms with Crippen LogP contribution in [0.2, 0.25) is 0 Å². The Morgan fingerprint density at radius 3 is 2.23 bits per heavy atom. The number of nitro benzene ring substituents is 1. The second-order valence-electron chi connectivity index (χ2n) is 9.43. The molecular weight excluding hydrogens is 556 g/mol. The summed E-state index contributed by atoms with van der Waals surface area (Å²) in [4.78, 5) is 65.3. The molecule has 0 spiro atoms. The standard InChI is InChI=1S/C31H28N4O8/c1-20(30(38)42-2)33-25(18-15-21-9-5-3-6-10-21)27(29(33)37)34(28(36)26(32)23-11-7-4-8-12-23)31(39)43-19-22-13-16-24(17-14-22)35(40)41/h3-18,25-27H,1,19,32H2,2H3/t25?,26-,27?/m0/s1. The topological polar surface area (TPSA) is 162 Å². The molecule has 2 N–H and O–H groups in total. The number of nitrogens with two attached hydrogens (primary N) is 1. The van der Waals surface area contributed by atoms with Gasteiger partial charge in [0.1, 0.15) is 24.4 Å². The van der Waals surface area contributed by atoms with Gasteiger partial charge in [-0.3, -0.25) is 24.6 Å². The zero-order valence-corrected chi connectivity index (χ0v) is 23.1. The van der Waals surface area contributed by atoms with E-state index in [9.17, 15) is 29.3 Å². The first-order valence-electron chi connectivity index (χ1n) is 13.0. The predicted molar refractivity (Wildman–Crippen MR) is 155 cm³/mol. The highest BCUT2D eigenvalue weighted by molar-refractivity contribution is 6.06. The molecule has 12 heteroatoms. The number of esters is 1. The number of ether oxygens (including phenoxy) is 2. The van der Waals surface area contributed by atoms with Crippen molar-refractivity contribution < 1.29 is 33.6 Å². The van der Waals surface area contributed by atoms with E-state index in [4.69, 9.17) is 15.2 Å². The molecule has 43 heavy (non-hydrogen) atoms. The fourth-order valence-corrected chi connectivity index (χ4v) is 4.47. The largest absolute Gasteiger partial charge is 0.464 e. The first kappa shape index (κ1) is 30.3. The van der Waals surface area contributed by atoms with E-state index in [0.717, 1.165) is 17.6 Å². The zero-order chi connectivity index (χ0) is 31.1. The van der Waals surface area contributed by atoms with Crippen LogP contribution in [-0.4, -0.2) is 57.8 Å². The van der Waals surface area contributed by atoms with Crippen molar-refractivity contribution in [3.05, 3.63) is 130 Å². The third-order valence-corrected chi connectivity index (χ3v) is 6.76. The van der Waals surface area contributed by atoms with Gasteiger partial charge in [-0.2, -0.15) is 0 Å². The number of imide groups is 1. The summed E-state index contributed by atoms with van der Waals surface area (Å²) < 4.78 is 10.1. The lowest BCUT2D eigenvalue weighted by Crippen LogP contribution is -2.72. The summed E-state index contributed by atoms with van der Waals surface area (Å²) in [6.45, 7) is 3.31. The minimum atomic E-state index is -1.44. The molecule has 1 aliphatic rings. The van der Waals surface area contributed by atoms with Gasteiger partial charge in [-0.15, -0.1) is 0 Å². The van der Waals surface area contributed by atoms with Gasteiger partial charge in [-0.05, 0) is 28.8 Å².